The molecule has 0 saturated carbocycles. The van der Waals surface area contributed by atoms with Gasteiger partial charge in [0, 0.05) is 18.7 Å². The lowest BCUT2D eigenvalue weighted by atomic mass is 10.0. The molecule has 20 heavy (non-hydrogen) atoms. The van der Waals surface area contributed by atoms with Crippen molar-refractivity contribution in [3.63, 3.8) is 0 Å². The standard InChI is InChI=1S/C14H17N3O3/c1-10-4-5-11(3-2-8-18)12(9-10)13(19)16-6-7-17-14(15)20/h4-5,9,18H,6-8H2,1H3,(H,16,19)(H3,15,17,20). The van der Waals surface area contributed by atoms with E-state index in [2.05, 4.69) is 22.5 Å². The molecule has 106 valence electrons. The maximum Gasteiger partial charge on any atom is 0.312 e. The van der Waals surface area contributed by atoms with Crippen molar-refractivity contribution in [2.75, 3.05) is 19.7 Å². The number of aliphatic hydroxyl groups is 1. The maximum absolute atomic E-state index is 12.0. The SMILES string of the molecule is Cc1ccc(C#CCO)c(C(=O)NCCNC(N)=O)c1. The maximum atomic E-state index is 12.0. The summed E-state index contributed by atoms with van der Waals surface area (Å²) in [5.41, 5.74) is 6.83. The van der Waals surface area contributed by atoms with Gasteiger partial charge in [-0.2, -0.15) is 0 Å². The summed E-state index contributed by atoms with van der Waals surface area (Å²) in [5.74, 6) is 4.95. The molecule has 0 saturated heterocycles. The Hall–Kier alpha value is -2.52. The molecule has 5 N–H and O–H groups in total. The number of rotatable bonds is 4. The number of primary amides is 1. The average Bonchev–Trinajstić information content (AvgIpc) is 2.41. The summed E-state index contributed by atoms with van der Waals surface area (Å²) >= 11 is 0. The van der Waals surface area contributed by atoms with Crippen LogP contribution in [-0.2, 0) is 0 Å². The minimum atomic E-state index is -0.635. The summed E-state index contributed by atoms with van der Waals surface area (Å²) in [6, 6.07) is 4.66. The lowest BCUT2D eigenvalue weighted by Gasteiger charge is -2.08. The van der Waals surface area contributed by atoms with E-state index in [4.69, 9.17) is 10.8 Å². The summed E-state index contributed by atoms with van der Waals surface area (Å²) in [4.78, 5) is 22.5. The van der Waals surface area contributed by atoms with E-state index in [1.54, 1.807) is 12.1 Å². The van der Waals surface area contributed by atoms with Gasteiger partial charge in [-0.3, -0.25) is 4.79 Å². The minimum absolute atomic E-state index is 0.255. The van der Waals surface area contributed by atoms with Crippen LogP contribution < -0.4 is 16.4 Å². The highest BCUT2D eigenvalue weighted by molar-refractivity contribution is 5.97. The first-order chi connectivity index (χ1) is 9.54. The molecule has 0 heterocycles. The van der Waals surface area contributed by atoms with Crippen LogP contribution in [0.5, 0.6) is 0 Å². The Balaban J connectivity index is 2.75. The summed E-state index contributed by atoms with van der Waals surface area (Å²) in [7, 11) is 0. The first-order valence-electron chi connectivity index (χ1n) is 6.06. The molecule has 1 aromatic carbocycles. The van der Waals surface area contributed by atoms with Gasteiger partial charge in [0.1, 0.15) is 6.61 Å². The largest absolute Gasteiger partial charge is 0.384 e. The molecular formula is C14H17N3O3. The fourth-order valence-electron chi connectivity index (χ4n) is 1.55. The number of nitrogens with one attached hydrogen (secondary N) is 2. The van der Waals surface area contributed by atoms with Crippen LogP contribution in [0, 0.1) is 18.8 Å². The number of carbonyl (C=O) groups is 2. The molecular weight excluding hydrogens is 258 g/mol. The summed E-state index contributed by atoms with van der Waals surface area (Å²) < 4.78 is 0. The number of hydrogen-bond donors (Lipinski definition) is 4. The molecule has 0 spiro atoms. The second-order valence-electron chi connectivity index (χ2n) is 4.06. The van der Waals surface area contributed by atoms with Gasteiger partial charge in [0.15, 0.2) is 0 Å². The molecule has 0 bridgehead atoms. The van der Waals surface area contributed by atoms with Gasteiger partial charge in [0.2, 0.25) is 0 Å². The van der Waals surface area contributed by atoms with Crippen LogP contribution in [0.2, 0.25) is 0 Å². The van der Waals surface area contributed by atoms with E-state index in [1.165, 1.54) is 0 Å². The van der Waals surface area contributed by atoms with Crippen molar-refractivity contribution < 1.29 is 14.7 Å². The predicted octanol–water partition coefficient (Wildman–Crippen LogP) is -0.263. The number of hydrogen-bond acceptors (Lipinski definition) is 3. The molecule has 1 rings (SSSR count). The Bertz CT molecular complexity index is 559. The van der Waals surface area contributed by atoms with Crippen LogP contribution in [0.25, 0.3) is 0 Å². The zero-order valence-electron chi connectivity index (χ0n) is 11.2. The second kappa shape index (κ2) is 7.81. The van der Waals surface area contributed by atoms with Gasteiger partial charge in [-0.25, -0.2) is 4.79 Å². The summed E-state index contributed by atoms with van der Waals surface area (Å²) in [6.07, 6.45) is 0. The Morgan fingerprint density at radius 3 is 2.65 bits per heavy atom. The fourth-order valence-corrected chi connectivity index (χ4v) is 1.55. The van der Waals surface area contributed by atoms with Gasteiger partial charge in [0.25, 0.3) is 5.91 Å². The van der Waals surface area contributed by atoms with Crippen molar-refractivity contribution >= 4 is 11.9 Å². The number of nitrogens with two attached hydrogens (primary N) is 1. The number of urea groups is 1. The zero-order chi connectivity index (χ0) is 15.0. The van der Waals surface area contributed by atoms with Crippen LogP contribution >= 0.6 is 0 Å². The van der Waals surface area contributed by atoms with Crippen LogP contribution in [0.3, 0.4) is 0 Å². The molecule has 0 radical (unpaired) electrons. The van der Waals surface area contributed by atoms with Crippen LogP contribution in [0.15, 0.2) is 18.2 Å². The van der Waals surface area contributed by atoms with E-state index in [0.717, 1.165) is 5.56 Å². The van der Waals surface area contributed by atoms with Gasteiger partial charge in [-0.15, -0.1) is 0 Å². The van der Waals surface area contributed by atoms with Crippen LogP contribution in [0.4, 0.5) is 4.79 Å². The molecule has 0 unspecified atom stereocenters. The van der Waals surface area contributed by atoms with Crippen molar-refractivity contribution in [3.8, 4) is 11.8 Å². The number of aliphatic hydroxyl groups excluding tert-OH is 1. The van der Waals surface area contributed by atoms with Crippen molar-refractivity contribution in [2.45, 2.75) is 6.92 Å². The zero-order valence-corrected chi connectivity index (χ0v) is 11.2. The second-order valence-corrected chi connectivity index (χ2v) is 4.06. The number of amides is 3. The molecule has 0 aliphatic rings. The number of benzene rings is 1. The highest BCUT2D eigenvalue weighted by Gasteiger charge is 2.10. The molecule has 0 aromatic heterocycles. The lowest BCUT2D eigenvalue weighted by Crippen LogP contribution is -2.37. The molecule has 0 aliphatic carbocycles. The van der Waals surface area contributed by atoms with Crippen molar-refractivity contribution in [2.24, 2.45) is 5.73 Å². The third-order valence-corrected chi connectivity index (χ3v) is 2.43. The van der Waals surface area contributed by atoms with E-state index in [0.29, 0.717) is 11.1 Å². The summed E-state index contributed by atoms with van der Waals surface area (Å²) in [6.45, 7) is 2.12. The van der Waals surface area contributed by atoms with E-state index in [9.17, 15) is 9.59 Å². The predicted molar refractivity (Wildman–Crippen MR) is 75.1 cm³/mol. The number of aryl methyl sites for hydroxylation is 1. The van der Waals surface area contributed by atoms with E-state index < -0.39 is 6.03 Å². The van der Waals surface area contributed by atoms with Crippen LogP contribution in [-0.4, -0.2) is 36.7 Å². The monoisotopic (exact) mass is 275 g/mol. The Morgan fingerprint density at radius 2 is 2.00 bits per heavy atom. The van der Waals surface area contributed by atoms with Crippen molar-refractivity contribution in [3.05, 3.63) is 34.9 Å². The molecule has 0 fully saturated rings. The van der Waals surface area contributed by atoms with Gasteiger partial charge < -0.3 is 21.5 Å². The molecule has 1 aromatic rings. The Labute approximate surface area is 117 Å². The summed E-state index contributed by atoms with van der Waals surface area (Å²) in [5, 5.41) is 13.7. The average molecular weight is 275 g/mol. The quantitative estimate of drug-likeness (QED) is 0.449. The minimum Gasteiger partial charge on any atom is -0.384 e. The lowest BCUT2D eigenvalue weighted by molar-refractivity contribution is 0.0953. The van der Waals surface area contributed by atoms with Crippen molar-refractivity contribution in [1.29, 1.82) is 0 Å². The van der Waals surface area contributed by atoms with E-state index in [-0.39, 0.29) is 25.6 Å². The highest BCUT2D eigenvalue weighted by atomic mass is 16.2. The normalized spacial score (nSPS) is 9.30. The Kier molecular flexibility index (Phi) is 6.07. The van der Waals surface area contributed by atoms with Gasteiger partial charge in [-0.1, -0.05) is 23.5 Å². The molecule has 0 aliphatic heterocycles. The third kappa shape index (κ3) is 5.00. The van der Waals surface area contributed by atoms with Crippen LogP contribution in [0.1, 0.15) is 21.5 Å². The van der Waals surface area contributed by atoms with E-state index in [1.807, 2.05) is 13.0 Å². The topological polar surface area (TPSA) is 104 Å². The van der Waals surface area contributed by atoms with Gasteiger partial charge >= 0.3 is 6.03 Å². The van der Waals surface area contributed by atoms with Gasteiger partial charge in [-0.05, 0) is 19.1 Å². The first kappa shape index (κ1) is 15.5. The number of carbonyl (C=O) groups excluding carboxylic acids is 2. The van der Waals surface area contributed by atoms with Crippen molar-refractivity contribution in [1.82, 2.24) is 10.6 Å². The van der Waals surface area contributed by atoms with Gasteiger partial charge in [0.05, 0.1) is 5.56 Å². The molecule has 6 heteroatoms. The molecule has 6 nitrogen and oxygen atoms in total. The smallest absolute Gasteiger partial charge is 0.312 e. The first-order valence-corrected chi connectivity index (χ1v) is 6.06. The Morgan fingerprint density at radius 1 is 1.30 bits per heavy atom. The molecule has 0 atom stereocenters. The van der Waals surface area contributed by atoms with E-state index >= 15 is 0 Å². The highest BCUT2D eigenvalue weighted by Crippen LogP contribution is 2.10. The third-order valence-electron chi connectivity index (χ3n) is 2.43. The fraction of sp³-hybridized carbons (Fsp3) is 0.286. The molecule has 3 amide bonds.